The molecule has 5 nitrogen and oxygen atoms in total. The van der Waals surface area contributed by atoms with Crippen molar-refractivity contribution >= 4 is 8.80 Å². The summed E-state index contributed by atoms with van der Waals surface area (Å²) in [5.74, 6) is 0. The van der Waals surface area contributed by atoms with Gasteiger partial charge in [-0.25, -0.2) is 0 Å². The van der Waals surface area contributed by atoms with E-state index in [1.54, 1.807) is 21.3 Å². The molecule has 0 bridgehead atoms. The van der Waals surface area contributed by atoms with Crippen LogP contribution in [0.1, 0.15) is 29.7 Å². The van der Waals surface area contributed by atoms with E-state index < -0.39 is 8.80 Å². The van der Waals surface area contributed by atoms with Crippen LogP contribution in [0.5, 0.6) is 0 Å². The van der Waals surface area contributed by atoms with Gasteiger partial charge in [-0.05, 0) is 30.0 Å². The maximum absolute atomic E-state index is 6.00. The summed E-state index contributed by atoms with van der Waals surface area (Å²) in [5, 5.41) is 0. The molecule has 0 aliphatic heterocycles. The minimum atomic E-state index is -2.55. The summed E-state index contributed by atoms with van der Waals surface area (Å²) in [4.78, 5) is 0. The summed E-state index contributed by atoms with van der Waals surface area (Å²) < 4.78 is 16.3. The second-order valence-electron chi connectivity index (χ2n) is 4.77. The minimum Gasteiger partial charge on any atom is -0.377 e. The van der Waals surface area contributed by atoms with E-state index in [1.807, 2.05) is 19.1 Å². The third-order valence-corrected chi connectivity index (χ3v) is 6.37. The highest BCUT2D eigenvalue weighted by atomic mass is 28.4. The first-order chi connectivity index (χ1) is 9.53. The van der Waals surface area contributed by atoms with E-state index in [4.69, 9.17) is 24.7 Å². The number of hydrogen-bond donors (Lipinski definition) is 2. The largest absolute Gasteiger partial charge is 0.500 e. The number of rotatable bonds is 8. The molecule has 4 N–H and O–H groups in total. The van der Waals surface area contributed by atoms with Gasteiger partial charge in [0.1, 0.15) is 0 Å². The van der Waals surface area contributed by atoms with Crippen molar-refractivity contribution in [1.82, 2.24) is 0 Å². The molecule has 1 rings (SSSR count). The monoisotopic (exact) mass is 298 g/mol. The lowest BCUT2D eigenvalue weighted by Crippen LogP contribution is -2.43. The predicted molar refractivity (Wildman–Crippen MR) is 82.2 cm³/mol. The standard InChI is InChI=1S/C14H26N2O3Si/c1-11(16)13-7-5-6-12(14(13)10-15)8-9-20(17-2,18-3)19-4/h5-7,11H,8-10,15-16H2,1-4H3. The summed E-state index contributed by atoms with van der Waals surface area (Å²) in [6, 6.07) is 6.82. The molecule has 1 unspecified atom stereocenters. The van der Waals surface area contributed by atoms with Crippen molar-refractivity contribution < 1.29 is 13.3 Å². The molecule has 0 amide bonds. The SMILES string of the molecule is CO[Si](CCc1cccc(C(C)N)c1CN)(OC)OC. The Balaban J connectivity index is 2.95. The van der Waals surface area contributed by atoms with Crippen LogP contribution in [-0.4, -0.2) is 30.1 Å². The first-order valence-corrected chi connectivity index (χ1v) is 8.68. The van der Waals surface area contributed by atoms with E-state index in [2.05, 4.69) is 6.07 Å². The Labute approximate surface area is 122 Å². The maximum Gasteiger partial charge on any atom is 0.500 e. The van der Waals surface area contributed by atoms with Gasteiger partial charge >= 0.3 is 8.80 Å². The topological polar surface area (TPSA) is 79.7 Å². The highest BCUT2D eigenvalue weighted by Gasteiger charge is 2.37. The van der Waals surface area contributed by atoms with Gasteiger partial charge in [-0.1, -0.05) is 18.2 Å². The van der Waals surface area contributed by atoms with Gasteiger partial charge in [0.25, 0.3) is 0 Å². The molecule has 0 aliphatic rings. The first kappa shape index (κ1) is 17.3. The van der Waals surface area contributed by atoms with Gasteiger partial charge in [0.15, 0.2) is 0 Å². The molecule has 0 saturated carbocycles. The summed E-state index contributed by atoms with van der Waals surface area (Å²) in [6.07, 6.45) is 0.800. The van der Waals surface area contributed by atoms with Gasteiger partial charge in [0.2, 0.25) is 0 Å². The smallest absolute Gasteiger partial charge is 0.377 e. The van der Waals surface area contributed by atoms with Gasteiger partial charge in [-0.2, -0.15) is 0 Å². The van der Waals surface area contributed by atoms with Crippen molar-refractivity contribution in [3.63, 3.8) is 0 Å². The zero-order chi connectivity index (χ0) is 15.2. The van der Waals surface area contributed by atoms with Crippen molar-refractivity contribution in [3.8, 4) is 0 Å². The van der Waals surface area contributed by atoms with Crippen LogP contribution in [-0.2, 0) is 26.2 Å². The molecule has 1 atom stereocenters. The van der Waals surface area contributed by atoms with Crippen LogP contribution in [0.4, 0.5) is 0 Å². The zero-order valence-electron chi connectivity index (χ0n) is 12.8. The summed E-state index contributed by atoms with van der Waals surface area (Å²) in [7, 11) is 2.33. The van der Waals surface area contributed by atoms with E-state index >= 15 is 0 Å². The maximum atomic E-state index is 6.00. The van der Waals surface area contributed by atoms with Crippen molar-refractivity contribution in [2.45, 2.75) is 32.0 Å². The summed E-state index contributed by atoms with van der Waals surface area (Å²) in [5.41, 5.74) is 15.3. The zero-order valence-corrected chi connectivity index (χ0v) is 13.8. The highest BCUT2D eigenvalue weighted by molar-refractivity contribution is 6.60. The summed E-state index contributed by atoms with van der Waals surface area (Å²) >= 11 is 0. The van der Waals surface area contributed by atoms with Gasteiger partial charge in [-0.15, -0.1) is 0 Å². The Morgan fingerprint density at radius 3 is 2.20 bits per heavy atom. The first-order valence-electron chi connectivity index (χ1n) is 6.75. The van der Waals surface area contributed by atoms with Gasteiger partial charge < -0.3 is 24.7 Å². The molecule has 0 aliphatic carbocycles. The molecule has 0 aromatic heterocycles. The molecule has 6 heteroatoms. The fourth-order valence-corrected chi connectivity index (χ4v) is 4.10. The van der Waals surface area contributed by atoms with Crippen LogP contribution in [0.25, 0.3) is 0 Å². The fraction of sp³-hybridized carbons (Fsp3) is 0.571. The van der Waals surface area contributed by atoms with E-state index in [9.17, 15) is 0 Å². The van der Waals surface area contributed by atoms with Gasteiger partial charge in [0, 0.05) is 40.0 Å². The van der Waals surface area contributed by atoms with Crippen LogP contribution in [0.15, 0.2) is 18.2 Å². The molecule has 0 fully saturated rings. The second-order valence-corrected chi connectivity index (χ2v) is 7.86. The Hall–Kier alpha value is -0.763. The normalized spacial score (nSPS) is 13.5. The minimum absolute atomic E-state index is 0.0252. The highest BCUT2D eigenvalue weighted by Crippen LogP contribution is 2.23. The molecule has 1 aromatic carbocycles. The number of hydrogen-bond acceptors (Lipinski definition) is 5. The van der Waals surface area contributed by atoms with Crippen LogP contribution < -0.4 is 11.5 Å². The van der Waals surface area contributed by atoms with Crippen molar-refractivity contribution in [1.29, 1.82) is 0 Å². The van der Waals surface area contributed by atoms with Gasteiger partial charge in [-0.3, -0.25) is 0 Å². The average molecular weight is 298 g/mol. The Kier molecular flexibility index (Phi) is 6.80. The molecular formula is C14H26N2O3Si. The van der Waals surface area contributed by atoms with Crippen LogP contribution >= 0.6 is 0 Å². The molecule has 0 heterocycles. The quantitative estimate of drug-likeness (QED) is 0.712. The van der Waals surface area contributed by atoms with Crippen molar-refractivity contribution in [2.75, 3.05) is 21.3 Å². The summed E-state index contributed by atoms with van der Waals surface area (Å²) in [6.45, 7) is 2.45. The van der Waals surface area contributed by atoms with Gasteiger partial charge in [0.05, 0.1) is 0 Å². The lowest BCUT2D eigenvalue weighted by molar-refractivity contribution is 0.123. The van der Waals surface area contributed by atoms with E-state index in [-0.39, 0.29) is 6.04 Å². The molecule has 0 saturated heterocycles. The molecular weight excluding hydrogens is 272 g/mol. The Morgan fingerprint density at radius 2 is 1.75 bits per heavy atom. The van der Waals surface area contributed by atoms with Crippen LogP contribution in [0.3, 0.4) is 0 Å². The number of benzene rings is 1. The molecule has 20 heavy (non-hydrogen) atoms. The van der Waals surface area contributed by atoms with Crippen LogP contribution in [0, 0.1) is 0 Å². The van der Waals surface area contributed by atoms with E-state index in [1.165, 1.54) is 5.56 Å². The van der Waals surface area contributed by atoms with Crippen molar-refractivity contribution in [3.05, 3.63) is 34.9 Å². The van der Waals surface area contributed by atoms with Crippen molar-refractivity contribution in [2.24, 2.45) is 11.5 Å². The molecule has 114 valence electrons. The number of nitrogens with two attached hydrogens (primary N) is 2. The molecule has 0 radical (unpaired) electrons. The van der Waals surface area contributed by atoms with E-state index in [0.29, 0.717) is 12.6 Å². The second kappa shape index (κ2) is 7.87. The molecule has 0 spiro atoms. The predicted octanol–water partition coefficient (Wildman–Crippen LogP) is 1.59. The lowest BCUT2D eigenvalue weighted by Gasteiger charge is -2.25. The third kappa shape index (κ3) is 3.88. The Morgan fingerprint density at radius 1 is 1.15 bits per heavy atom. The lowest BCUT2D eigenvalue weighted by atomic mass is 9.95. The average Bonchev–Trinajstić information content (AvgIpc) is 2.48. The van der Waals surface area contributed by atoms with E-state index in [0.717, 1.165) is 17.5 Å². The third-order valence-electron chi connectivity index (χ3n) is 3.64. The number of aryl methyl sites for hydroxylation is 1. The van der Waals surface area contributed by atoms with Crippen LogP contribution in [0.2, 0.25) is 6.04 Å². The fourth-order valence-electron chi connectivity index (χ4n) is 2.41. The molecule has 1 aromatic rings. The Bertz CT molecular complexity index is 415.